The molecule has 2 N–H and O–H groups in total. The number of nitrogens with zero attached hydrogens (tertiary/aromatic N) is 2. The summed E-state index contributed by atoms with van der Waals surface area (Å²) in [5.41, 5.74) is 2.46. The number of pyridine rings is 1. The minimum Gasteiger partial charge on any atom is -0.355 e. The maximum absolute atomic E-state index is 13.2. The molecule has 1 aromatic carbocycles. The highest BCUT2D eigenvalue weighted by atomic mass is 32.2. The number of nitrogens with one attached hydrogen (secondary N) is 2. The standard InChI is InChI=1S/C23H28N4O4S/c28-22-6-3-4-18-16-20(7-8-21(18)26-22)32(30,31)27-14-10-17(11-15-27)23(29)25-13-9-19-5-1-2-12-24-19/h1-2,5,7-8,12,16-17H,3-4,6,9-11,13-15H2,(H,25,29)(H,26,28). The summed E-state index contributed by atoms with van der Waals surface area (Å²) in [5, 5.41) is 5.78. The Morgan fingerprint density at radius 2 is 1.97 bits per heavy atom. The molecule has 0 atom stereocenters. The highest BCUT2D eigenvalue weighted by Crippen LogP contribution is 2.29. The summed E-state index contributed by atoms with van der Waals surface area (Å²) in [7, 11) is -3.64. The number of hydrogen-bond donors (Lipinski definition) is 2. The Bertz CT molecular complexity index is 1080. The molecular formula is C23H28N4O4S. The topological polar surface area (TPSA) is 108 Å². The Hall–Kier alpha value is -2.78. The van der Waals surface area contributed by atoms with Crippen LogP contribution in [0.3, 0.4) is 0 Å². The number of amides is 2. The summed E-state index contributed by atoms with van der Waals surface area (Å²) >= 11 is 0. The average molecular weight is 457 g/mol. The van der Waals surface area contributed by atoms with Gasteiger partial charge in [-0.2, -0.15) is 4.31 Å². The van der Waals surface area contributed by atoms with Gasteiger partial charge in [-0.3, -0.25) is 14.6 Å². The fraction of sp³-hybridized carbons (Fsp3) is 0.435. The molecule has 2 aliphatic rings. The first kappa shape index (κ1) is 22.4. The second-order valence-corrected chi connectivity index (χ2v) is 10.2. The molecule has 0 unspecified atom stereocenters. The summed E-state index contributed by atoms with van der Waals surface area (Å²) < 4.78 is 27.8. The average Bonchev–Trinajstić information content (AvgIpc) is 2.99. The summed E-state index contributed by atoms with van der Waals surface area (Å²) in [6, 6.07) is 10.6. The molecule has 0 bridgehead atoms. The van der Waals surface area contributed by atoms with Gasteiger partial charge in [0.05, 0.1) is 4.90 Å². The molecule has 170 valence electrons. The van der Waals surface area contributed by atoms with Gasteiger partial charge >= 0.3 is 0 Å². The molecule has 8 nitrogen and oxygen atoms in total. The first-order valence-corrected chi connectivity index (χ1v) is 12.5. The number of sulfonamides is 1. The van der Waals surface area contributed by atoms with Crippen molar-refractivity contribution in [3.63, 3.8) is 0 Å². The van der Waals surface area contributed by atoms with Crippen molar-refractivity contribution in [2.24, 2.45) is 5.92 Å². The second-order valence-electron chi connectivity index (χ2n) is 8.26. The van der Waals surface area contributed by atoms with Crippen molar-refractivity contribution in [1.82, 2.24) is 14.6 Å². The van der Waals surface area contributed by atoms with Crippen LogP contribution in [0.2, 0.25) is 0 Å². The zero-order valence-corrected chi connectivity index (χ0v) is 18.7. The predicted octanol–water partition coefficient (Wildman–Crippen LogP) is 2.12. The van der Waals surface area contributed by atoms with Gasteiger partial charge < -0.3 is 10.6 Å². The van der Waals surface area contributed by atoms with E-state index in [9.17, 15) is 18.0 Å². The van der Waals surface area contributed by atoms with E-state index in [-0.39, 0.29) is 22.6 Å². The molecule has 0 spiro atoms. The lowest BCUT2D eigenvalue weighted by Gasteiger charge is -2.30. The number of fused-ring (bicyclic) bond motifs is 1. The number of rotatable bonds is 6. The Balaban J connectivity index is 1.32. The SMILES string of the molecule is O=C1CCCc2cc(S(=O)(=O)N3CCC(C(=O)NCCc4ccccn4)CC3)ccc2N1. The lowest BCUT2D eigenvalue weighted by Crippen LogP contribution is -2.43. The van der Waals surface area contributed by atoms with Gasteiger partial charge in [0.1, 0.15) is 0 Å². The van der Waals surface area contributed by atoms with Gasteiger partial charge in [-0.05, 0) is 61.6 Å². The molecule has 3 heterocycles. The molecule has 0 radical (unpaired) electrons. The molecule has 1 aromatic heterocycles. The van der Waals surface area contributed by atoms with Crippen LogP contribution in [-0.2, 0) is 32.5 Å². The zero-order chi connectivity index (χ0) is 22.6. The number of piperidine rings is 1. The van der Waals surface area contributed by atoms with Crippen LogP contribution < -0.4 is 10.6 Å². The molecule has 2 aliphatic heterocycles. The smallest absolute Gasteiger partial charge is 0.243 e. The van der Waals surface area contributed by atoms with Crippen LogP contribution in [0.15, 0.2) is 47.5 Å². The molecule has 4 rings (SSSR count). The molecule has 32 heavy (non-hydrogen) atoms. The monoisotopic (exact) mass is 456 g/mol. The molecule has 0 aliphatic carbocycles. The van der Waals surface area contributed by atoms with Gasteiger partial charge in [-0.25, -0.2) is 8.42 Å². The number of anilines is 1. The van der Waals surface area contributed by atoms with E-state index in [1.54, 1.807) is 24.4 Å². The minimum atomic E-state index is -3.64. The van der Waals surface area contributed by atoms with Gasteiger partial charge in [-0.1, -0.05) is 6.07 Å². The Labute approximate surface area is 188 Å². The number of carbonyl (C=O) groups is 2. The van der Waals surface area contributed by atoms with E-state index in [4.69, 9.17) is 0 Å². The number of benzene rings is 1. The van der Waals surface area contributed by atoms with Crippen molar-refractivity contribution < 1.29 is 18.0 Å². The predicted molar refractivity (Wildman–Crippen MR) is 120 cm³/mol. The maximum Gasteiger partial charge on any atom is 0.243 e. The number of hydrogen-bond acceptors (Lipinski definition) is 5. The summed E-state index contributed by atoms with van der Waals surface area (Å²) in [6.45, 7) is 1.14. The fourth-order valence-corrected chi connectivity index (χ4v) is 5.74. The minimum absolute atomic E-state index is 0.0289. The van der Waals surface area contributed by atoms with E-state index in [1.807, 2.05) is 18.2 Å². The van der Waals surface area contributed by atoms with Crippen molar-refractivity contribution in [3.8, 4) is 0 Å². The van der Waals surface area contributed by atoms with Crippen LogP contribution >= 0.6 is 0 Å². The van der Waals surface area contributed by atoms with Crippen molar-refractivity contribution in [1.29, 1.82) is 0 Å². The Kier molecular flexibility index (Phi) is 6.86. The van der Waals surface area contributed by atoms with Gasteiger partial charge in [0.15, 0.2) is 0 Å². The highest BCUT2D eigenvalue weighted by molar-refractivity contribution is 7.89. The normalized spacial score (nSPS) is 17.8. The molecule has 0 saturated carbocycles. The van der Waals surface area contributed by atoms with Gasteiger partial charge in [0, 0.05) is 56.0 Å². The maximum atomic E-state index is 13.2. The van der Waals surface area contributed by atoms with Crippen LogP contribution in [-0.4, -0.2) is 49.2 Å². The molecule has 2 aromatic rings. The third kappa shape index (κ3) is 5.16. The zero-order valence-electron chi connectivity index (χ0n) is 17.9. The Morgan fingerprint density at radius 3 is 2.72 bits per heavy atom. The molecule has 1 saturated heterocycles. The highest BCUT2D eigenvalue weighted by Gasteiger charge is 2.32. The summed E-state index contributed by atoms with van der Waals surface area (Å²) in [6.07, 6.45) is 5.19. The first-order chi connectivity index (χ1) is 15.4. The summed E-state index contributed by atoms with van der Waals surface area (Å²) in [4.78, 5) is 28.7. The molecular weight excluding hydrogens is 428 g/mol. The van der Waals surface area contributed by atoms with Gasteiger partial charge in [0.2, 0.25) is 21.8 Å². The molecule has 2 amide bonds. The summed E-state index contributed by atoms with van der Waals surface area (Å²) in [5.74, 6) is -0.258. The first-order valence-electron chi connectivity index (χ1n) is 11.0. The quantitative estimate of drug-likeness (QED) is 0.692. The van der Waals surface area contributed by atoms with E-state index in [0.717, 1.165) is 11.3 Å². The third-order valence-electron chi connectivity index (χ3n) is 6.07. The van der Waals surface area contributed by atoms with Crippen molar-refractivity contribution in [3.05, 3.63) is 53.9 Å². The molecule has 1 fully saturated rings. The number of carbonyl (C=O) groups excluding carboxylic acids is 2. The van der Waals surface area contributed by atoms with Gasteiger partial charge in [0.25, 0.3) is 0 Å². The number of aromatic nitrogens is 1. The lowest BCUT2D eigenvalue weighted by molar-refractivity contribution is -0.126. The van der Waals surface area contributed by atoms with Crippen LogP contribution in [0.1, 0.15) is 36.9 Å². The van der Waals surface area contributed by atoms with Crippen LogP contribution in [0, 0.1) is 5.92 Å². The van der Waals surface area contributed by atoms with Crippen molar-refractivity contribution in [2.75, 3.05) is 25.0 Å². The molecule has 9 heteroatoms. The van der Waals surface area contributed by atoms with E-state index >= 15 is 0 Å². The van der Waals surface area contributed by atoms with Crippen molar-refractivity contribution in [2.45, 2.75) is 43.4 Å². The fourth-order valence-electron chi connectivity index (χ4n) is 4.22. The van der Waals surface area contributed by atoms with Crippen molar-refractivity contribution >= 4 is 27.5 Å². The van der Waals surface area contributed by atoms with E-state index in [0.29, 0.717) is 63.8 Å². The van der Waals surface area contributed by atoms with Crippen LogP contribution in [0.5, 0.6) is 0 Å². The number of aryl methyl sites for hydroxylation is 1. The van der Waals surface area contributed by atoms with E-state index < -0.39 is 10.0 Å². The Morgan fingerprint density at radius 1 is 1.16 bits per heavy atom. The largest absolute Gasteiger partial charge is 0.355 e. The lowest BCUT2D eigenvalue weighted by atomic mass is 9.97. The third-order valence-corrected chi connectivity index (χ3v) is 7.96. The van der Waals surface area contributed by atoms with E-state index in [2.05, 4.69) is 15.6 Å². The van der Waals surface area contributed by atoms with E-state index in [1.165, 1.54) is 4.31 Å². The van der Waals surface area contributed by atoms with Crippen LogP contribution in [0.4, 0.5) is 5.69 Å². The van der Waals surface area contributed by atoms with Crippen LogP contribution in [0.25, 0.3) is 0 Å². The van der Waals surface area contributed by atoms with Gasteiger partial charge in [-0.15, -0.1) is 0 Å². The second kappa shape index (κ2) is 9.79.